The van der Waals surface area contributed by atoms with Crippen LogP contribution in [-0.4, -0.2) is 31.7 Å². The molecule has 0 saturated heterocycles. The molecule has 0 aromatic rings. The highest BCUT2D eigenvalue weighted by Crippen LogP contribution is 2.07. The molecule has 0 aromatic heterocycles. The van der Waals surface area contributed by atoms with Crippen molar-refractivity contribution in [3.63, 3.8) is 0 Å². The van der Waals surface area contributed by atoms with Crippen LogP contribution in [0.25, 0.3) is 0 Å². The molecule has 0 heterocycles. The number of methoxy groups -OCH3 is 2. The first kappa shape index (κ1) is 11.4. The second-order valence-electron chi connectivity index (χ2n) is 1.98. The van der Waals surface area contributed by atoms with Crippen LogP contribution in [0.1, 0.15) is 6.92 Å². The zero-order valence-electron chi connectivity index (χ0n) is 7.62. The molecule has 0 aliphatic heterocycles. The van der Waals surface area contributed by atoms with E-state index in [0.29, 0.717) is 11.5 Å². The molecular weight excluding hydrogens is 176 g/mol. The summed E-state index contributed by atoms with van der Waals surface area (Å²) in [5.41, 5.74) is 0. The Balaban J connectivity index is 3.94. The number of carbonyl (C=O) groups is 1. The van der Waals surface area contributed by atoms with Crippen molar-refractivity contribution in [2.45, 2.75) is 6.92 Å². The lowest BCUT2D eigenvalue weighted by atomic mass is 10.5. The number of esters is 1. The summed E-state index contributed by atoms with van der Waals surface area (Å²) in [6.07, 6.45) is 1.36. The van der Waals surface area contributed by atoms with Crippen molar-refractivity contribution in [3.8, 4) is 0 Å². The molecule has 0 amide bonds. The Hall–Kier alpha value is -0.640. The van der Waals surface area contributed by atoms with Gasteiger partial charge in [0.15, 0.2) is 0 Å². The number of hydrogen-bond donors (Lipinski definition) is 0. The molecule has 70 valence electrons. The van der Waals surface area contributed by atoms with E-state index in [2.05, 4.69) is 11.7 Å². The Labute approximate surface area is 77.1 Å². The normalized spacial score (nSPS) is 11.1. The third kappa shape index (κ3) is 5.07. The molecule has 0 bridgehead atoms. The predicted molar refractivity (Wildman–Crippen MR) is 50.1 cm³/mol. The zero-order chi connectivity index (χ0) is 9.40. The topological polar surface area (TPSA) is 35.5 Å². The second-order valence-corrected chi connectivity index (χ2v) is 3.25. The molecule has 12 heavy (non-hydrogen) atoms. The first-order valence-corrected chi connectivity index (χ1v) is 4.80. The SMILES string of the molecule is CCSC/C(=C/C(=O)OC)OC. The maximum Gasteiger partial charge on any atom is 0.333 e. The van der Waals surface area contributed by atoms with Crippen molar-refractivity contribution in [2.24, 2.45) is 0 Å². The van der Waals surface area contributed by atoms with Gasteiger partial charge in [-0.2, -0.15) is 11.8 Å². The summed E-state index contributed by atoms with van der Waals surface area (Å²) in [5.74, 6) is 1.99. The van der Waals surface area contributed by atoms with Crippen LogP contribution >= 0.6 is 11.8 Å². The monoisotopic (exact) mass is 190 g/mol. The first-order chi connectivity index (χ1) is 5.74. The van der Waals surface area contributed by atoms with Gasteiger partial charge in [-0.15, -0.1) is 0 Å². The van der Waals surface area contributed by atoms with E-state index in [1.54, 1.807) is 18.9 Å². The van der Waals surface area contributed by atoms with Crippen LogP contribution in [-0.2, 0) is 14.3 Å². The average molecular weight is 190 g/mol. The van der Waals surface area contributed by atoms with Crippen molar-refractivity contribution < 1.29 is 14.3 Å². The second kappa shape index (κ2) is 7.03. The number of ether oxygens (including phenoxy) is 2. The molecule has 4 heteroatoms. The van der Waals surface area contributed by atoms with Crippen LogP contribution in [0.2, 0.25) is 0 Å². The Kier molecular flexibility index (Phi) is 6.66. The van der Waals surface area contributed by atoms with E-state index in [-0.39, 0.29) is 5.97 Å². The quantitative estimate of drug-likeness (QED) is 0.373. The van der Waals surface area contributed by atoms with Crippen LogP contribution in [0.15, 0.2) is 11.8 Å². The standard InChI is InChI=1S/C8H14O3S/c1-4-12-6-7(10-2)5-8(9)11-3/h5H,4,6H2,1-3H3/b7-5-. The molecule has 0 fully saturated rings. The Morgan fingerprint density at radius 2 is 2.08 bits per heavy atom. The van der Waals surface area contributed by atoms with Crippen LogP contribution in [0.5, 0.6) is 0 Å². The van der Waals surface area contributed by atoms with Crippen molar-refractivity contribution in [3.05, 3.63) is 11.8 Å². The number of rotatable bonds is 5. The minimum absolute atomic E-state index is 0.372. The summed E-state index contributed by atoms with van der Waals surface area (Å²) in [6.45, 7) is 2.05. The first-order valence-electron chi connectivity index (χ1n) is 3.64. The van der Waals surface area contributed by atoms with Gasteiger partial charge in [-0.25, -0.2) is 4.79 Å². The van der Waals surface area contributed by atoms with E-state index in [4.69, 9.17) is 4.74 Å². The van der Waals surface area contributed by atoms with Crippen molar-refractivity contribution in [1.29, 1.82) is 0 Å². The molecule has 0 saturated carbocycles. The largest absolute Gasteiger partial charge is 0.500 e. The Morgan fingerprint density at radius 1 is 1.42 bits per heavy atom. The van der Waals surface area contributed by atoms with Crippen LogP contribution < -0.4 is 0 Å². The molecular formula is C8H14O3S. The maximum atomic E-state index is 10.8. The van der Waals surface area contributed by atoms with Crippen LogP contribution in [0.4, 0.5) is 0 Å². The van der Waals surface area contributed by atoms with Gasteiger partial charge >= 0.3 is 5.97 Å². The molecule has 0 spiro atoms. The summed E-state index contributed by atoms with van der Waals surface area (Å²) in [7, 11) is 2.89. The molecule has 0 aliphatic rings. The van der Waals surface area contributed by atoms with E-state index >= 15 is 0 Å². The molecule has 0 atom stereocenters. The fraction of sp³-hybridized carbons (Fsp3) is 0.625. The van der Waals surface area contributed by atoms with E-state index in [1.165, 1.54) is 13.2 Å². The van der Waals surface area contributed by atoms with Gasteiger partial charge in [-0.05, 0) is 5.75 Å². The molecule has 0 unspecified atom stereocenters. The highest BCUT2D eigenvalue weighted by molar-refractivity contribution is 7.99. The maximum absolute atomic E-state index is 10.8. The van der Waals surface area contributed by atoms with Gasteiger partial charge < -0.3 is 9.47 Å². The third-order valence-corrected chi connectivity index (χ3v) is 2.09. The average Bonchev–Trinajstić information content (AvgIpc) is 2.11. The predicted octanol–water partition coefficient (Wildman–Crippen LogP) is 1.44. The van der Waals surface area contributed by atoms with E-state index in [1.807, 2.05) is 0 Å². The van der Waals surface area contributed by atoms with Crippen molar-refractivity contribution in [1.82, 2.24) is 0 Å². The summed E-state index contributed by atoms with van der Waals surface area (Å²) in [4.78, 5) is 10.8. The van der Waals surface area contributed by atoms with E-state index in [9.17, 15) is 4.79 Å². The van der Waals surface area contributed by atoms with Gasteiger partial charge in [0.25, 0.3) is 0 Å². The minimum Gasteiger partial charge on any atom is -0.500 e. The van der Waals surface area contributed by atoms with E-state index in [0.717, 1.165) is 5.75 Å². The minimum atomic E-state index is -0.372. The Morgan fingerprint density at radius 3 is 2.50 bits per heavy atom. The van der Waals surface area contributed by atoms with Crippen LogP contribution in [0, 0.1) is 0 Å². The summed E-state index contributed by atoms with van der Waals surface area (Å²) in [5, 5.41) is 0. The molecule has 0 aliphatic carbocycles. The molecule has 0 radical (unpaired) electrons. The number of thioether (sulfide) groups is 1. The lowest BCUT2D eigenvalue weighted by Gasteiger charge is -2.03. The summed E-state index contributed by atoms with van der Waals surface area (Å²) < 4.78 is 9.42. The summed E-state index contributed by atoms with van der Waals surface area (Å²) in [6, 6.07) is 0. The fourth-order valence-corrected chi connectivity index (χ4v) is 1.16. The highest BCUT2D eigenvalue weighted by atomic mass is 32.2. The van der Waals surface area contributed by atoms with Gasteiger partial charge in [0, 0.05) is 0 Å². The van der Waals surface area contributed by atoms with Gasteiger partial charge in [0.05, 0.1) is 26.0 Å². The molecule has 0 N–H and O–H groups in total. The highest BCUT2D eigenvalue weighted by Gasteiger charge is 2.00. The smallest absolute Gasteiger partial charge is 0.333 e. The lowest BCUT2D eigenvalue weighted by molar-refractivity contribution is -0.135. The van der Waals surface area contributed by atoms with Crippen molar-refractivity contribution >= 4 is 17.7 Å². The third-order valence-electron chi connectivity index (χ3n) is 1.19. The van der Waals surface area contributed by atoms with Gasteiger partial charge in [0.1, 0.15) is 5.76 Å². The zero-order valence-corrected chi connectivity index (χ0v) is 8.44. The van der Waals surface area contributed by atoms with Crippen LogP contribution in [0.3, 0.4) is 0 Å². The fourth-order valence-electron chi connectivity index (χ4n) is 0.553. The molecule has 0 aromatic carbocycles. The number of carbonyl (C=O) groups excluding carboxylic acids is 1. The van der Waals surface area contributed by atoms with Gasteiger partial charge in [0.2, 0.25) is 0 Å². The van der Waals surface area contributed by atoms with E-state index < -0.39 is 0 Å². The number of hydrogen-bond acceptors (Lipinski definition) is 4. The molecule has 3 nitrogen and oxygen atoms in total. The van der Waals surface area contributed by atoms with Gasteiger partial charge in [-0.3, -0.25) is 0 Å². The Bertz CT molecular complexity index is 166. The van der Waals surface area contributed by atoms with Gasteiger partial charge in [-0.1, -0.05) is 6.92 Å². The molecule has 0 rings (SSSR count). The van der Waals surface area contributed by atoms with Crippen molar-refractivity contribution in [2.75, 3.05) is 25.7 Å². The lowest BCUT2D eigenvalue weighted by Crippen LogP contribution is -2.00. The summed E-state index contributed by atoms with van der Waals surface area (Å²) >= 11 is 1.69.